The van der Waals surface area contributed by atoms with E-state index in [1.807, 2.05) is 84.4 Å². The van der Waals surface area contributed by atoms with Crippen molar-refractivity contribution in [2.75, 3.05) is 0 Å². The Morgan fingerprint density at radius 2 is 0.750 bits per heavy atom. The Bertz CT molecular complexity index is 314. The smallest absolute Gasteiger partial charge is 0.168 e. The highest BCUT2D eigenvalue weighted by Gasteiger charge is 1.79. The van der Waals surface area contributed by atoms with Crippen LogP contribution < -0.4 is 57.1 Å². The topological polar surface area (TPSA) is 7.76 Å². The molecule has 2 heterocycles. The first-order valence-electron chi connectivity index (χ1n) is 4.59. The lowest BCUT2D eigenvalue weighted by atomic mass is 10.5. The molecule has 0 radical (unpaired) electrons. The third kappa shape index (κ3) is 9.02. The molecule has 2 aromatic heterocycles. The molecule has 0 aliphatic heterocycles. The number of rotatable bonds is 0. The molecule has 0 aliphatic carbocycles. The largest absolute Gasteiger partial charge is 1.00 e. The van der Waals surface area contributed by atoms with Gasteiger partial charge in [0.05, 0.1) is 0 Å². The number of pyridine rings is 2. The van der Waals surface area contributed by atoms with Crippen molar-refractivity contribution in [1.29, 1.82) is 0 Å². The van der Waals surface area contributed by atoms with E-state index in [0.717, 1.165) is 0 Å². The van der Waals surface area contributed by atoms with Gasteiger partial charge in [-0.25, -0.2) is 9.13 Å². The molecule has 0 aliphatic rings. The SMILES string of the molecule is C[n+]1ccccc1.C[n+]1ccccc1.[I-].[I-]. The van der Waals surface area contributed by atoms with Crippen LogP contribution in [0.3, 0.4) is 0 Å². The van der Waals surface area contributed by atoms with E-state index in [1.54, 1.807) is 0 Å². The van der Waals surface area contributed by atoms with Crippen molar-refractivity contribution in [2.45, 2.75) is 0 Å². The standard InChI is InChI=1S/2C6H8N.2HI/c2*1-7-5-3-2-4-6-7;;/h2*2-6H,1H3;2*1H/q2*+1;;/p-2. The average molecular weight is 442 g/mol. The van der Waals surface area contributed by atoms with Crippen LogP contribution in [0.5, 0.6) is 0 Å². The zero-order valence-corrected chi connectivity index (χ0v) is 13.7. The van der Waals surface area contributed by atoms with Gasteiger partial charge in [0.2, 0.25) is 0 Å². The molecule has 0 N–H and O–H groups in total. The number of aryl methyl sites for hydroxylation is 2. The summed E-state index contributed by atoms with van der Waals surface area (Å²) >= 11 is 0. The Morgan fingerprint density at radius 3 is 0.875 bits per heavy atom. The van der Waals surface area contributed by atoms with E-state index >= 15 is 0 Å². The lowest BCUT2D eigenvalue weighted by Crippen LogP contribution is -3.00. The molecule has 88 valence electrons. The van der Waals surface area contributed by atoms with Crippen LogP contribution in [-0.2, 0) is 14.1 Å². The molecule has 4 heteroatoms. The molecule has 0 bridgehead atoms. The third-order valence-electron chi connectivity index (χ3n) is 1.73. The molecule has 0 aromatic carbocycles. The van der Waals surface area contributed by atoms with E-state index in [1.165, 1.54) is 0 Å². The van der Waals surface area contributed by atoms with Crippen LogP contribution in [0, 0.1) is 0 Å². The molecule has 0 atom stereocenters. The van der Waals surface area contributed by atoms with Crippen molar-refractivity contribution in [3.05, 3.63) is 61.2 Å². The minimum Gasteiger partial charge on any atom is -1.00 e. The monoisotopic (exact) mass is 442 g/mol. The van der Waals surface area contributed by atoms with E-state index in [9.17, 15) is 0 Å². The van der Waals surface area contributed by atoms with Gasteiger partial charge in [0.15, 0.2) is 24.8 Å². The second kappa shape index (κ2) is 11.3. The molecule has 16 heavy (non-hydrogen) atoms. The van der Waals surface area contributed by atoms with Gasteiger partial charge in [-0.15, -0.1) is 0 Å². The van der Waals surface area contributed by atoms with Crippen LogP contribution in [-0.4, -0.2) is 0 Å². The fourth-order valence-electron chi connectivity index (χ4n) is 0.969. The van der Waals surface area contributed by atoms with Crippen molar-refractivity contribution >= 4 is 0 Å². The van der Waals surface area contributed by atoms with Crippen molar-refractivity contribution in [3.63, 3.8) is 0 Å². The highest BCUT2D eigenvalue weighted by molar-refractivity contribution is 4.83. The summed E-state index contributed by atoms with van der Waals surface area (Å²) in [7, 11) is 4.00. The van der Waals surface area contributed by atoms with Crippen LogP contribution in [0.2, 0.25) is 0 Å². The van der Waals surface area contributed by atoms with Gasteiger partial charge in [0, 0.05) is 24.3 Å². The molecule has 2 rings (SSSR count). The zero-order chi connectivity index (χ0) is 10.2. The van der Waals surface area contributed by atoms with Crippen LogP contribution in [0.4, 0.5) is 0 Å². The molecule has 0 saturated heterocycles. The maximum Gasteiger partial charge on any atom is 0.168 e. The van der Waals surface area contributed by atoms with Gasteiger partial charge >= 0.3 is 0 Å². The Labute approximate surface area is 131 Å². The first kappa shape index (κ1) is 18.1. The van der Waals surface area contributed by atoms with E-state index in [0.29, 0.717) is 0 Å². The number of hydrogen-bond acceptors (Lipinski definition) is 0. The molecule has 2 nitrogen and oxygen atoms in total. The van der Waals surface area contributed by atoms with Gasteiger partial charge < -0.3 is 48.0 Å². The summed E-state index contributed by atoms with van der Waals surface area (Å²) in [5.41, 5.74) is 0. The number of aromatic nitrogens is 2. The predicted molar refractivity (Wildman–Crippen MR) is 55.2 cm³/mol. The van der Waals surface area contributed by atoms with E-state index in [2.05, 4.69) is 0 Å². The summed E-state index contributed by atoms with van der Waals surface area (Å²) in [6.45, 7) is 0. The average Bonchev–Trinajstić information content (AvgIpc) is 2.21. The van der Waals surface area contributed by atoms with Gasteiger partial charge in [-0.1, -0.05) is 12.1 Å². The van der Waals surface area contributed by atoms with E-state index < -0.39 is 0 Å². The van der Waals surface area contributed by atoms with Crippen LogP contribution in [0.25, 0.3) is 0 Å². The minimum atomic E-state index is 0. The highest BCUT2D eigenvalue weighted by Crippen LogP contribution is 1.72. The van der Waals surface area contributed by atoms with E-state index in [-0.39, 0.29) is 48.0 Å². The third-order valence-corrected chi connectivity index (χ3v) is 1.73. The lowest BCUT2D eigenvalue weighted by molar-refractivity contribution is -0.671. The number of hydrogen-bond donors (Lipinski definition) is 0. The number of halogens is 2. The Morgan fingerprint density at radius 1 is 0.500 bits per heavy atom. The highest BCUT2D eigenvalue weighted by atomic mass is 127. The summed E-state index contributed by atoms with van der Waals surface area (Å²) in [6.07, 6.45) is 8.00. The van der Waals surface area contributed by atoms with Gasteiger partial charge in [0.25, 0.3) is 0 Å². The van der Waals surface area contributed by atoms with Crippen LogP contribution in [0.15, 0.2) is 61.2 Å². The van der Waals surface area contributed by atoms with Crippen molar-refractivity contribution in [2.24, 2.45) is 14.1 Å². The van der Waals surface area contributed by atoms with Gasteiger partial charge in [-0.05, 0) is 0 Å². The molecule has 0 fully saturated rings. The summed E-state index contributed by atoms with van der Waals surface area (Å²) < 4.78 is 4.00. The molecular formula is C12H16I2N2. The summed E-state index contributed by atoms with van der Waals surface area (Å²) in [5, 5.41) is 0. The normalized spacial score (nSPS) is 7.62. The molecule has 0 spiro atoms. The Hall–Kier alpha value is -0.240. The maximum atomic E-state index is 2.00. The maximum absolute atomic E-state index is 2.00. The van der Waals surface area contributed by atoms with Crippen molar-refractivity contribution in [1.82, 2.24) is 0 Å². The predicted octanol–water partition coefficient (Wildman–Crippen LogP) is -4.97. The fourth-order valence-corrected chi connectivity index (χ4v) is 0.969. The molecular weight excluding hydrogens is 426 g/mol. The zero-order valence-electron chi connectivity index (χ0n) is 9.42. The van der Waals surface area contributed by atoms with Gasteiger partial charge in [-0.3, -0.25) is 0 Å². The minimum absolute atomic E-state index is 0. The molecule has 2 aromatic rings. The number of nitrogens with zero attached hydrogens (tertiary/aromatic N) is 2. The Kier molecular flexibility index (Phi) is 12.8. The molecule has 0 saturated carbocycles. The molecule has 0 unspecified atom stereocenters. The van der Waals surface area contributed by atoms with E-state index in [4.69, 9.17) is 0 Å². The second-order valence-electron chi connectivity index (χ2n) is 3.08. The first-order valence-corrected chi connectivity index (χ1v) is 4.59. The van der Waals surface area contributed by atoms with Crippen LogP contribution in [0.1, 0.15) is 0 Å². The van der Waals surface area contributed by atoms with Crippen LogP contribution >= 0.6 is 0 Å². The Balaban J connectivity index is 0. The van der Waals surface area contributed by atoms with Gasteiger partial charge in [0.1, 0.15) is 14.1 Å². The quantitative estimate of drug-likeness (QED) is 0.286. The summed E-state index contributed by atoms with van der Waals surface area (Å²) in [5.74, 6) is 0. The fraction of sp³-hybridized carbons (Fsp3) is 0.167. The first-order chi connectivity index (χ1) is 6.79. The molecule has 0 amide bonds. The van der Waals surface area contributed by atoms with Gasteiger partial charge in [-0.2, -0.15) is 0 Å². The van der Waals surface area contributed by atoms with Crippen molar-refractivity contribution < 1.29 is 57.1 Å². The summed E-state index contributed by atoms with van der Waals surface area (Å²) in [4.78, 5) is 0. The lowest BCUT2D eigenvalue weighted by Gasteiger charge is -1.77. The van der Waals surface area contributed by atoms with Crippen molar-refractivity contribution in [3.8, 4) is 0 Å². The second-order valence-corrected chi connectivity index (χ2v) is 3.08. The summed E-state index contributed by atoms with van der Waals surface area (Å²) in [6, 6.07) is 12.0.